The van der Waals surface area contributed by atoms with Gasteiger partial charge in [0.05, 0.1) is 0 Å². The third kappa shape index (κ3) is 4.57. The lowest BCUT2D eigenvalue weighted by atomic mass is 10.0. The average molecular weight is 312 g/mol. The molecule has 1 saturated heterocycles. The van der Waals surface area contributed by atoms with Crippen molar-refractivity contribution in [1.29, 1.82) is 5.26 Å². The van der Waals surface area contributed by atoms with E-state index in [2.05, 4.69) is 36.2 Å². The lowest BCUT2D eigenvalue weighted by Gasteiger charge is -2.32. The molecule has 1 fully saturated rings. The van der Waals surface area contributed by atoms with Gasteiger partial charge >= 0.3 is 0 Å². The molecule has 1 aromatic rings. The van der Waals surface area contributed by atoms with Crippen molar-refractivity contribution < 1.29 is 4.79 Å². The Labute approximate surface area is 138 Å². The Bertz CT molecular complexity index is 605. The summed E-state index contributed by atoms with van der Waals surface area (Å²) in [6.45, 7) is 7.30. The molecule has 0 aromatic heterocycles. The van der Waals surface area contributed by atoms with Gasteiger partial charge in [0.15, 0.2) is 0 Å². The summed E-state index contributed by atoms with van der Waals surface area (Å²) >= 11 is 0. The normalized spacial score (nSPS) is 16.3. The number of anilines is 1. The Kier molecular flexibility index (Phi) is 5.78. The zero-order chi connectivity index (χ0) is 16.8. The molecule has 2 rings (SSSR count). The van der Waals surface area contributed by atoms with Gasteiger partial charge in [-0.25, -0.2) is 0 Å². The number of carbonyl (C=O) groups is 1. The van der Waals surface area contributed by atoms with E-state index in [1.165, 1.54) is 11.8 Å². The predicted octanol–water partition coefficient (Wildman–Crippen LogP) is 2.40. The molecule has 23 heavy (non-hydrogen) atoms. The van der Waals surface area contributed by atoms with Crippen LogP contribution in [0.15, 0.2) is 36.0 Å². The number of rotatable bonds is 4. The van der Waals surface area contributed by atoms with Gasteiger partial charge in [0.2, 0.25) is 0 Å². The predicted molar refractivity (Wildman–Crippen MR) is 91.9 cm³/mol. The highest BCUT2D eigenvalue weighted by atomic mass is 16.2. The quantitative estimate of drug-likeness (QED) is 0.685. The van der Waals surface area contributed by atoms with Crippen LogP contribution in [0.2, 0.25) is 0 Å². The van der Waals surface area contributed by atoms with Crippen LogP contribution in [0.25, 0.3) is 0 Å². The average Bonchev–Trinajstić information content (AvgIpc) is 2.56. The zero-order valence-corrected chi connectivity index (χ0v) is 14.0. The van der Waals surface area contributed by atoms with Crippen molar-refractivity contribution in [2.45, 2.75) is 19.8 Å². The highest BCUT2D eigenvalue weighted by Gasteiger charge is 2.22. The lowest BCUT2D eigenvalue weighted by Crippen LogP contribution is -2.47. The van der Waals surface area contributed by atoms with Crippen molar-refractivity contribution in [2.24, 2.45) is 0 Å². The molecule has 122 valence electrons. The molecule has 0 radical (unpaired) electrons. The van der Waals surface area contributed by atoms with E-state index >= 15 is 0 Å². The fourth-order valence-corrected chi connectivity index (χ4v) is 2.44. The van der Waals surface area contributed by atoms with Gasteiger partial charge in [0, 0.05) is 38.1 Å². The Morgan fingerprint density at radius 3 is 2.35 bits per heavy atom. The van der Waals surface area contributed by atoms with Crippen molar-refractivity contribution in [2.75, 3.05) is 38.5 Å². The number of amides is 1. The van der Waals surface area contributed by atoms with Gasteiger partial charge in [0.1, 0.15) is 11.6 Å². The van der Waals surface area contributed by atoms with E-state index in [4.69, 9.17) is 0 Å². The first kappa shape index (κ1) is 17.0. The first-order valence-electron chi connectivity index (χ1n) is 7.96. The van der Waals surface area contributed by atoms with Crippen molar-refractivity contribution in [3.8, 4) is 6.07 Å². The molecule has 1 aliphatic heterocycles. The minimum Gasteiger partial charge on any atom is -0.360 e. The van der Waals surface area contributed by atoms with Crippen LogP contribution in [-0.4, -0.2) is 48.9 Å². The Hall–Kier alpha value is -2.32. The highest BCUT2D eigenvalue weighted by molar-refractivity contribution is 5.97. The number of hydrogen-bond acceptors (Lipinski definition) is 4. The van der Waals surface area contributed by atoms with Crippen LogP contribution in [0.1, 0.15) is 25.3 Å². The molecule has 5 heteroatoms. The zero-order valence-electron chi connectivity index (χ0n) is 14.0. The fraction of sp³-hybridized carbons (Fsp3) is 0.444. The molecule has 1 aliphatic rings. The molecule has 1 aromatic carbocycles. The molecule has 5 nitrogen and oxygen atoms in total. The SMILES string of the molecule is CC(C)c1ccc(N/C=C(/C#N)C(=O)N2CCN(C)CC2)cc1. The number of benzene rings is 1. The van der Waals surface area contributed by atoms with E-state index in [9.17, 15) is 10.1 Å². The van der Waals surface area contributed by atoms with Gasteiger partial charge in [-0.15, -0.1) is 0 Å². The third-order valence-electron chi connectivity index (χ3n) is 4.10. The van der Waals surface area contributed by atoms with Crippen LogP contribution in [-0.2, 0) is 4.79 Å². The number of carbonyl (C=O) groups excluding carboxylic acids is 1. The molecular formula is C18H24N4O. The number of nitrogens with zero attached hydrogens (tertiary/aromatic N) is 3. The van der Waals surface area contributed by atoms with Crippen LogP contribution in [0.3, 0.4) is 0 Å². The van der Waals surface area contributed by atoms with Gasteiger partial charge in [-0.2, -0.15) is 5.26 Å². The molecule has 1 N–H and O–H groups in total. The van der Waals surface area contributed by atoms with E-state index in [-0.39, 0.29) is 11.5 Å². The Morgan fingerprint density at radius 2 is 1.83 bits per heavy atom. The Morgan fingerprint density at radius 1 is 1.22 bits per heavy atom. The van der Waals surface area contributed by atoms with Crippen LogP contribution in [0.4, 0.5) is 5.69 Å². The monoisotopic (exact) mass is 312 g/mol. The third-order valence-corrected chi connectivity index (χ3v) is 4.10. The maximum absolute atomic E-state index is 12.4. The first-order valence-corrected chi connectivity index (χ1v) is 7.96. The molecule has 0 aliphatic carbocycles. The molecule has 1 amide bonds. The molecule has 0 spiro atoms. The van der Waals surface area contributed by atoms with Gasteiger partial charge in [0.25, 0.3) is 5.91 Å². The summed E-state index contributed by atoms with van der Waals surface area (Å²) in [7, 11) is 2.03. The second-order valence-electron chi connectivity index (χ2n) is 6.19. The van der Waals surface area contributed by atoms with E-state index in [1.54, 1.807) is 4.90 Å². The number of nitriles is 1. The van der Waals surface area contributed by atoms with Crippen molar-refractivity contribution in [1.82, 2.24) is 9.80 Å². The van der Waals surface area contributed by atoms with Crippen LogP contribution >= 0.6 is 0 Å². The smallest absolute Gasteiger partial charge is 0.266 e. The molecular weight excluding hydrogens is 288 g/mol. The summed E-state index contributed by atoms with van der Waals surface area (Å²) in [5.41, 5.74) is 2.27. The molecule has 0 unspecified atom stereocenters. The summed E-state index contributed by atoms with van der Waals surface area (Å²) in [6.07, 6.45) is 1.50. The lowest BCUT2D eigenvalue weighted by molar-refractivity contribution is -0.128. The highest BCUT2D eigenvalue weighted by Crippen LogP contribution is 2.17. The van der Waals surface area contributed by atoms with Gasteiger partial charge < -0.3 is 15.1 Å². The molecule has 0 bridgehead atoms. The number of nitrogens with one attached hydrogen (secondary N) is 1. The minimum atomic E-state index is -0.202. The largest absolute Gasteiger partial charge is 0.360 e. The van der Waals surface area contributed by atoms with E-state index in [1.807, 2.05) is 25.2 Å². The van der Waals surface area contributed by atoms with Crippen LogP contribution in [0, 0.1) is 11.3 Å². The topological polar surface area (TPSA) is 59.4 Å². The van der Waals surface area contributed by atoms with Crippen molar-refractivity contribution in [3.63, 3.8) is 0 Å². The van der Waals surface area contributed by atoms with E-state index in [0.29, 0.717) is 19.0 Å². The summed E-state index contributed by atoms with van der Waals surface area (Å²) in [6, 6.07) is 10.0. The van der Waals surface area contributed by atoms with Crippen molar-refractivity contribution in [3.05, 3.63) is 41.6 Å². The standard InChI is InChI=1S/C18H24N4O/c1-14(2)15-4-6-17(7-5-15)20-13-16(12-19)18(23)22-10-8-21(3)9-11-22/h4-7,13-14,20H,8-11H2,1-3H3/b16-13-. The summed E-state index contributed by atoms with van der Waals surface area (Å²) in [4.78, 5) is 16.3. The van der Waals surface area contributed by atoms with E-state index in [0.717, 1.165) is 18.8 Å². The van der Waals surface area contributed by atoms with Crippen LogP contribution < -0.4 is 5.32 Å². The minimum absolute atomic E-state index is 0.141. The maximum Gasteiger partial charge on any atom is 0.266 e. The molecule has 1 heterocycles. The number of piperazine rings is 1. The summed E-state index contributed by atoms with van der Waals surface area (Å²) in [5, 5.41) is 12.3. The summed E-state index contributed by atoms with van der Waals surface area (Å²) in [5.74, 6) is 0.278. The van der Waals surface area contributed by atoms with Gasteiger partial charge in [-0.3, -0.25) is 4.79 Å². The Balaban J connectivity index is 2.01. The second-order valence-corrected chi connectivity index (χ2v) is 6.19. The van der Waals surface area contributed by atoms with E-state index < -0.39 is 0 Å². The van der Waals surface area contributed by atoms with Gasteiger partial charge in [-0.05, 0) is 30.7 Å². The van der Waals surface area contributed by atoms with Gasteiger partial charge in [-0.1, -0.05) is 26.0 Å². The summed E-state index contributed by atoms with van der Waals surface area (Å²) < 4.78 is 0. The number of likely N-dealkylation sites (N-methyl/N-ethyl adjacent to an activating group) is 1. The number of hydrogen-bond donors (Lipinski definition) is 1. The van der Waals surface area contributed by atoms with Crippen molar-refractivity contribution >= 4 is 11.6 Å². The van der Waals surface area contributed by atoms with Crippen LogP contribution in [0.5, 0.6) is 0 Å². The first-order chi connectivity index (χ1) is 11.0. The second kappa shape index (κ2) is 7.80. The fourth-order valence-electron chi connectivity index (χ4n) is 2.44. The molecule has 0 saturated carbocycles. The maximum atomic E-state index is 12.4. The molecule has 0 atom stereocenters.